The lowest BCUT2D eigenvalue weighted by atomic mass is 10.1. The average Bonchev–Trinajstić information content (AvgIpc) is 3.06. The molecule has 0 atom stereocenters. The number of aromatic nitrogens is 5. The van der Waals surface area contributed by atoms with Crippen LogP contribution in [0, 0.1) is 12.7 Å². The number of hydrogen-bond donors (Lipinski definition) is 0. The fraction of sp³-hybridized carbons (Fsp3) is 0.0588. The van der Waals surface area contributed by atoms with Crippen LogP contribution in [0.2, 0.25) is 0 Å². The molecule has 112 valence electrons. The van der Waals surface area contributed by atoms with Gasteiger partial charge in [0.05, 0.1) is 11.4 Å². The molecule has 0 aliphatic heterocycles. The first-order valence-corrected chi connectivity index (χ1v) is 7.10. The molecule has 23 heavy (non-hydrogen) atoms. The fourth-order valence-corrected chi connectivity index (χ4v) is 2.49. The van der Waals surface area contributed by atoms with Crippen LogP contribution in [0.1, 0.15) is 5.56 Å². The summed E-state index contributed by atoms with van der Waals surface area (Å²) in [5.41, 5.74) is 3.95. The molecule has 4 rings (SSSR count). The van der Waals surface area contributed by atoms with Gasteiger partial charge in [0, 0.05) is 23.5 Å². The summed E-state index contributed by atoms with van der Waals surface area (Å²) >= 11 is 0. The Kier molecular flexibility index (Phi) is 3.08. The van der Waals surface area contributed by atoms with Gasteiger partial charge in [-0.05, 0) is 48.9 Å². The maximum atomic E-state index is 13.5. The van der Waals surface area contributed by atoms with Gasteiger partial charge in [-0.3, -0.25) is 4.98 Å². The van der Waals surface area contributed by atoms with Gasteiger partial charge in [0.25, 0.3) is 5.78 Å². The van der Waals surface area contributed by atoms with Gasteiger partial charge in [-0.1, -0.05) is 0 Å². The van der Waals surface area contributed by atoms with Crippen LogP contribution in [0.4, 0.5) is 4.39 Å². The van der Waals surface area contributed by atoms with Gasteiger partial charge < -0.3 is 0 Å². The molecule has 0 N–H and O–H groups in total. The molecule has 3 aromatic heterocycles. The standard InChI is InChI=1S/C17H12FN5/c1-11-8-13(2-3-14(11)18)15-9-16(12-4-6-19-7-5-12)23-17(22-15)20-10-21-23/h2-10H,1H3. The normalized spacial score (nSPS) is 11.0. The van der Waals surface area contributed by atoms with Gasteiger partial charge in [-0.2, -0.15) is 14.6 Å². The summed E-state index contributed by atoms with van der Waals surface area (Å²) in [7, 11) is 0. The topological polar surface area (TPSA) is 56.0 Å². The highest BCUT2D eigenvalue weighted by atomic mass is 19.1. The van der Waals surface area contributed by atoms with Gasteiger partial charge in [0.15, 0.2) is 0 Å². The van der Waals surface area contributed by atoms with Crippen molar-refractivity contribution in [2.24, 2.45) is 0 Å². The molecule has 5 nitrogen and oxygen atoms in total. The van der Waals surface area contributed by atoms with Crippen molar-refractivity contribution in [3.63, 3.8) is 0 Å². The lowest BCUT2D eigenvalue weighted by Crippen LogP contribution is -1.99. The van der Waals surface area contributed by atoms with E-state index in [-0.39, 0.29) is 5.82 Å². The molecule has 0 amide bonds. The minimum atomic E-state index is -0.230. The summed E-state index contributed by atoms with van der Waals surface area (Å²) in [5.74, 6) is 0.267. The van der Waals surface area contributed by atoms with Gasteiger partial charge in [-0.25, -0.2) is 9.37 Å². The molecule has 0 saturated heterocycles. The van der Waals surface area contributed by atoms with Gasteiger partial charge >= 0.3 is 0 Å². The zero-order valence-corrected chi connectivity index (χ0v) is 12.3. The van der Waals surface area contributed by atoms with Crippen molar-refractivity contribution in [1.29, 1.82) is 0 Å². The predicted octanol–water partition coefficient (Wildman–Crippen LogP) is 3.30. The third kappa shape index (κ3) is 2.34. The molecule has 0 saturated carbocycles. The van der Waals surface area contributed by atoms with Crippen LogP contribution in [-0.2, 0) is 0 Å². The Morgan fingerprint density at radius 2 is 1.83 bits per heavy atom. The van der Waals surface area contributed by atoms with Crippen LogP contribution >= 0.6 is 0 Å². The van der Waals surface area contributed by atoms with Crippen molar-refractivity contribution in [1.82, 2.24) is 24.6 Å². The van der Waals surface area contributed by atoms with Crippen LogP contribution < -0.4 is 0 Å². The molecule has 0 radical (unpaired) electrons. The number of halogens is 1. The second-order valence-electron chi connectivity index (χ2n) is 5.20. The van der Waals surface area contributed by atoms with E-state index in [4.69, 9.17) is 0 Å². The minimum absolute atomic E-state index is 0.230. The second kappa shape index (κ2) is 5.24. The first-order valence-electron chi connectivity index (χ1n) is 7.10. The fourth-order valence-electron chi connectivity index (χ4n) is 2.49. The summed E-state index contributed by atoms with van der Waals surface area (Å²) in [5, 5.41) is 4.22. The molecule has 0 spiro atoms. The number of hydrogen-bond acceptors (Lipinski definition) is 4. The number of pyridine rings is 1. The molecular formula is C17H12FN5. The summed E-state index contributed by atoms with van der Waals surface area (Å²) in [6.07, 6.45) is 4.91. The highest BCUT2D eigenvalue weighted by Gasteiger charge is 2.11. The first-order chi connectivity index (χ1) is 11.2. The average molecular weight is 305 g/mol. The Morgan fingerprint density at radius 3 is 2.61 bits per heavy atom. The van der Waals surface area contributed by atoms with Crippen LogP contribution in [-0.4, -0.2) is 24.6 Å². The molecule has 3 heterocycles. The number of nitrogens with zero attached hydrogens (tertiary/aromatic N) is 5. The minimum Gasteiger partial charge on any atom is -0.265 e. The van der Waals surface area contributed by atoms with Crippen molar-refractivity contribution in [3.05, 3.63) is 66.5 Å². The molecule has 0 bridgehead atoms. The van der Waals surface area contributed by atoms with Crippen LogP contribution in [0.3, 0.4) is 0 Å². The Bertz CT molecular complexity index is 994. The van der Waals surface area contributed by atoms with Gasteiger partial charge in [0.2, 0.25) is 0 Å². The lowest BCUT2D eigenvalue weighted by Gasteiger charge is -2.08. The highest BCUT2D eigenvalue weighted by Crippen LogP contribution is 2.26. The van der Waals surface area contributed by atoms with Gasteiger partial charge in [0.1, 0.15) is 12.1 Å². The van der Waals surface area contributed by atoms with Crippen molar-refractivity contribution in [2.75, 3.05) is 0 Å². The summed E-state index contributed by atoms with van der Waals surface area (Å²) in [6, 6.07) is 10.7. The lowest BCUT2D eigenvalue weighted by molar-refractivity contribution is 0.619. The molecule has 1 aromatic carbocycles. The Balaban J connectivity index is 1.96. The zero-order chi connectivity index (χ0) is 15.8. The number of fused-ring (bicyclic) bond motifs is 1. The van der Waals surface area contributed by atoms with Crippen LogP contribution in [0.5, 0.6) is 0 Å². The first kappa shape index (κ1) is 13.5. The largest absolute Gasteiger partial charge is 0.265 e. The van der Waals surface area contributed by atoms with E-state index >= 15 is 0 Å². The predicted molar refractivity (Wildman–Crippen MR) is 84.1 cm³/mol. The molecule has 4 aromatic rings. The number of rotatable bonds is 2. The molecule has 0 aliphatic rings. The number of aryl methyl sites for hydroxylation is 1. The SMILES string of the molecule is Cc1cc(-c2cc(-c3ccncc3)n3ncnc3n2)ccc1F. The van der Waals surface area contributed by atoms with E-state index in [1.54, 1.807) is 36.0 Å². The van der Waals surface area contributed by atoms with E-state index < -0.39 is 0 Å². The Morgan fingerprint density at radius 1 is 1.00 bits per heavy atom. The molecule has 0 unspecified atom stereocenters. The summed E-state index contributed by atoms with van der Waals surface area (Å²) in [6.45, 7) is 1.73. The Hall–Kier alpha value is -3.15. The molecule has 0 fully saturated rings. The van der Waals surface area contributed by atoms with E-state index in [1.165, 1.54) is 12.4 Å². The third-order valence-electron chi connectivity index (χ3n) is 3.68. The maximum Gasteiger partial charge on any atom is 0.253 e. The van der Waals surface area contributed by atoms with E-state index in [0.29, 0.717) is 11.3 Å². The molecular weight excluding hydrogens is 293 g/mol. The quantitative estimate of drug-likeness (QED) is 0.570. The summed E-state index contributed by atoms with van der Waals surface area (Å²) < 4.78 is 15.2. The smallest absolute Gasteiger partial charge is 0.253 e. The highest BCUT2D eigenvalue weighted by molar-refractivity contribution is 5.70. The van der Waals surface area contributed by atoms with Crippen LogP contribution in [0.25, 0.3) is 28.3 Å². The molecule has 6 heteroatoms. The van der Waals surface area contributed by atoms with Crippen molar-refractivity contribution >= 4 is 5.78 Å². The van der Waals surface area contributed by atoms with E-state index in [0.717, 1.165) is 22.5 Å². The Labute approximate surface area is 131 Å². The molecule has 0 aliphatic carbocycles. The van der Waals surface area contributed by atoms with Crippen molar-refractivity contribution in [2.45, 2.75) is 6.92 Å². The van der Waals surface area contributed by atoms with Crippen LogP contribution in [0.15, 0.2) is 55.1 Å². The monoisotopic (exact) mass is 305 g/mol. The maximum absolute atomic E-state index is 13.5. The van der Waals surface area contributed by atoms with E-state index in [9.17, 15) is 4.39 Å². The summed E-state index contributed by atoms with van der Waals surface area (Å²) in [4.78, 5) is 12.7. The van der Waals surface area contributed by atoms with E-state index in [2.05, 4.69) is 20.1 Å². The second-order valence-corrected chi connectivity index (χ2v) is 5.20. The van der Waals surface area contributed by atoms with Gasteiger partial charge in [-0.15, -0.1) is 0 Å². The van der Waals surface area contributed by atoms with Crippen molar-refractivity contribution < 1.29 is 4.39 Å². The van der Waals surface area contributed by atoms with E-state index in [1.807, 2.05) is 18.2 Å². The number of benzene rings is 1. The third-order valence-corrected chi connectivity index (χ3v) is 3.68. The van der Waals surface area contributed by atoms with Crippen molar-refractivity contribution in [3.8, 4) is 22.5 Å². The zero-order valence-electron chi connectivity index (χ0n) is 12.3.